The molecule has 1 aromatic carbocycles. The van der Waals surface area contributed by atoms with Gasteiger partial charge in [-0.15, -0.1) is 0 Å². The molecule has 0 spiro atoms. The van der Waals surface area contributed by atoms with Crippen LogP contribution in [0.4, 0.5) is 0 Å². The SMILES string of the molecule is C=CCOC(=O)[C@@H]1C(=C)NC(=S)N[C@H]1c1ccc(O)c(OC)c1. The smallest absolute Gasteiger partial charge is 0.317 e. The lowest BCUT2D eigenvalue weighted by Gasteiger charge is -2.34. The van der Waals surface area contributed by atoms with Crippen LogP contribution in [0.1, 0.15) is 11.6 Å². The van der Waals surface area contributed by atoms with E-state index in [9.17, 15) is 9.90 Å². The summed E-state index contributed by atoms with van der Waals surface area (Å²) in [6.07, 6.45) is 1.49. The number of ether oxygens (including phenoxy) is 2. The van der Waals surface area contributed by atoms with Gasteiger partial charge >= 0.3 is 5.97 Å². The van der Waals surface area contributed by atoms with Gasteiger partial charge in [0.05, 0.1) is 13.2 Å². The summed E-state index contributed by atoms with van der Waals surface area (Å²) in [6, 6.07) is 4.34. The largest absolute Gasteiger partial charge is 0.504 e. The molecule has 0 aromatic heterocycles. The van der Waals surface area contributed by atoms with Crippen LogP contribution in [0, 0.1) is 5.92 Å². The molecule has 6 nitrogen and oxygen atoms in total. The maximum atomic E-state index is 12.3. The van der Waals surface area contributed by atoms with Crippen LogP contribution in [-0.2, 0) is 9.53 Å². The molecule has 1 aliphatic heterocycles. The summed E-state index contributed by atoms with van der Waals surface area (Å²) in [4.78, 5) is 12.3. The zero-order valence-electron chi connectivity index (χ0n) is 12.7. The van der Waals surface area contributed by atoms with Crippen molar-refractivity contribution in [2.45, 2.75) is 6.04 Å². The van der Waals surface area contributed by atoms with Gasteiger partial charge in [0.2, 0.25) is 0 Å². The molecule has 122 valence electrons. The zero-order chi connectivity index (χ0) is 17.0. The van der Waals surface area contributed by atoms with E-state index >= 15 is 0 Å². The van der Waals surface area contributed by atoms with Gasteiger partial charge in [0.1, 0.15) is 12.5 Å². The number of nitrogens with one attached hydrogen (secondary N) is 2. The fraction of sp³-hybridized carbons (Fsp3) is 0.250. The Morgan fingerprint density at radius 1 is 1.52 bits per heavy atom. The fourth-order valence-electron chi connectivity index (χ4n) is 2.36. The van der Waals surface area contributed by atoms with E-state index in [1.54, 1.807) is 12.1 Å². The normalized spacial score (nSPS) is 20.2. The molecule has 1 saturated heterocycles. The molecule has 0 aliphatic carbocycles. The van der Waals surface area contributed by atoms with Gasteiger partial charge in [0, 0.05) is 5.70 Å². The fourth-order valence-corrected chi connectivity index (χ4v) is 2.62. The van der Waals surface area contributed by atoms with Gasteiger partial charge in [-0.1, -0.05) is 25.3 Å². The number of hydrogen-bond acceptors (Lipinski definition) is 5. The lowest BCUT2D eigenvalue weighted by Crippen LogP contribution is -2.51. The van der Waals surface area contributed by atoms with Gasteiger partial charge < -0.3 is 25.2 Å². The number of thiocarbonyl (C=S) groups is 1. The third-order valence-corrected chi connectivity index (χ3v) is 3.65. The second-order valence-electron chi connectivity index (χ2n) is 4.93. The number of benzene rings is 1. The Labute approximate surface area is 139 Å². The number of carbonyl (C=O) groups is 1. The van der Waals surface area contributed by atoms with E-state index in [0.29, 0.717) is 22.1 Å². The molecule has 7 heteroatoms. The number of methoxy groups -OCH3 is 1. The van der Waals surface area contributed by atoms with Crippen molar-refractivity contribution in [1.82, 2.24) is 10.6 Å². The van der Waals surface area contributed by atoms with Crippen LogP contribution < -0.4 is 15.4 Å². The van der Waals surface area contributed by atoms with Crippen LogP contribution in [-0.4, -0.2) is 29.9 Å². The summed E-state index contributed by atoms with van der Waals surface area (Å²) in [7, 11) is 1.45. The predicted molar refractivity (Wildman–Crippen MR) is 90.1 cm³/mol. The van der Waals surface area contributed by atoms with Crippen molar-refractivity contribution >= 4 is 23.3 Å². The summed E-state index contributed by atoms with van der Waals surface area (Å²) >= 11 is 5.14. The molecule has 3 N–H and O–H groups in total. The number of aromatic hydroxyl groups is 1. The molecule has 23 heavy (non-hydrogen) atoms. The number of carbonyl (C=O) groups excluding carboxylic acids is 1. The first-order valence-electron chi connectivity index (χ1n) is 6.88. The van der Waals surface area contributed by atoms with Crippen molar-refractivity contribution in [1.29, 1.82) is 0 Å². The first-order chi connectivity index (χ1) is 11.0. The zero-order valence-corrected chi connectivity index (χ0v) is 13.5. The lowest BCUT2D eigenvalue weighted by molar-refractivity contribution is -0.147. The molecule has 1 fully saturated rings. The van der Waals surface area contributed by atoms with Crippen LogP contribution in [0.15, 0.2) is 43.1 Å². The molecular formula is C16H18N2O4S. The van der Waals surface area contributed by atoms with Crippen LogP contribution in [0.5, 0.6) is 11.5 Å². The first kappa shape index (κ1) is 16.8. The van der Waals surface area contributed by atoms with Crippen LogP contribution in [0.3, 0.4) is 0 Å². The average molecular weight is 334 g/mol. The summed E-state index contributed by atoms with van der Waals surface area (Å²) in [6.45, 7) is 7.50. The highest BCUT2D eigenvalue weighted by atomic mass is 32.1. The second-order valence-corrected chi connectivity index (χ2v) is 5.34. The number of esters is 1. The monoisotopic (exact) mass is 334 g/mol. The molecule has 2 rings (SSSR count). The van der Waals surface area contributed by atoms with Crippen molar-refractivity contribution in [3.8, 4) is 11.5 Å². The minimum Gasteiger partial charge on any atom is -0.504 e. The summed E-state index contributed by atoms with van der Waals surface area (Å²) in [5.74, 6) is -0.819. The molecule has 0 saturated carbocycles. The third-order valence-electron chi connectivity index (χ3n) is 3.43. The first-order valence-corrected chi connectivity index (χ1v) is 7.29. The molecule has 0 bridgehead atoms. The van der Waals surface area contributed by atoms with Gasteiger partial charge in [-0.25, -0.2) is 0 Å². The number of phenolic OH excluding ortho intramolecular Hbond substituents is 1. The minimum absolute atomic E-state index is 0.0115. The molecular weight excluding hydrogens is 316 g/mol. The molecule has 1 aromatic rings. The van der Waals surface area contributed by atoms with Gasteiger partial charge in [0.15, 0.2) is 16.6 Å². The maximum Gasteiger partial charge on any atom is 0.317 e. The Hall–Kier alpha value is -2.54. The topological polar surface area (TPSA) is 79.8 Å². The van der Waals surface area contributed by atoms with E-state index in [2.05, 4.69) is 23.8 Å². The Balaban J connectivity index is 2.37. The highest BCUT2D eigenvalue weighted by molar-refractivity contribution is 7.80. The maximum absolute atomic E-state index is 12.3. The standard InChI is InChI=1S/C16H18N2O4S/c1-4-7-22-15(20)13-9(2)17-16(23)18-14(13)10-5-6-11(19)12(8-10)21-3/h4-6,8,13-14,19H,1-2,7H2,3H3,(H2,17,18,23)/t13-,14+/m1/s1. The number of rotatable bonds is 5. The van der Waals surface area contributed by atoms with Gasteiger partial charge in [-0.3, -0.25) is 4.79 Å². The third kappa shape index (κ3) is 3.62. The van der Waals surface area contributed by atoms with Gasteiger partial charge in [-0.05, 0) is 29.9 Å². The minimum atomic E-state index is -0.684. The summed E-state index contributed by atoms with van der Waals surface area (Å²) < 4.78 is 10.3. The van der Waals surface area contributed by atoms with E-state index in [4.69, 9.17) is 21.7 Å². The van der Waals surface area contributed by atoms with Crippen LogP contribution in [0.25, 0.3) is 0 Å². The Morgan fingerprint density at radius 2 is 2.26 bits per heavy atom. The van der Waals surface area contributed by atoms with E-state index < -0.39 is 17.9 Å². The van der Waals surface area contributed by atoms with E-state index in [1.165, 1.54) is 19.3 Å². The number of hydrogen-bond donors (Lipinski definition) is 3. The predicted octanol–water partition coefficient (Wildman–Crippen LogP) is 1.78. The van der Waals surface area contributed by atoms with E-state index in [0.717, 1.165) is 0 Å². The molecule has 0 unspecified atom stereocenters. The Kier molecular flexibility index (Phi) is 5.23. The van der Waals surface area contributed by atoms with Crippen molar-refractivity contribution in [3.63, 3.8) is 0 Å². The highest BCUT2D eigenvalue weighted by Gasteiger charge is 2.38. The van der Waals surface area contributed by atoms with Crippen LogP contribution in [0.2, 0.25) is 0 Å². The molecule has 2 atom stereocenters. The lowest BCUT2D eigenvalue weighted by atomic mass is 9.89. The molecule has 0 radical (unpaired) electrons. The quantitative estimate of drug-likeness (QED) is 0.430. The summed E-state index contributed by atoms with van der Waals surface area (Å²) in [5.41, 5.74) is 1.16. The Morgan fingerprint density at radius 3 is 2.91 bits per heavy atom. The van der Waals surface area contributed by atoms with Crippen LogP contribution >= 0.6 is 12.2 Å². The summed E-state index contributed by atoms with van der Waals surface area (Å²) in [5, 5.41) is 16.0. The van der Waals surface area contributed by atoms with Crippen molar-refractivity contribution in [3.05, 3.63) is 48.7 Å². The molecule has 1 heterocycles. The van der Waals surface area contributed by atoms with E-state index in [1.807, 2.05) is 0 Å². The van der Waals surface area contributed by atoms with Crippen molar-refractivity contribution < 1.29 is 19.4 Å². The Bertz CT molecular complexity index is 659. The molecule has 0 amide bonds. The number of phenols is 1. The highest BCUT2D eigenvalue weighted by Crippen LogP contribution is 2.35. The van der Waals surface area contributed by atoms with Crippen molar-refractivity contribution in [2.24, 2.45) is 5.92 Å². The second kappa shape index (κ2) is 7.15. The van der Waals surface area contributed by atoms with Gasteiger partial charge in [-0.2, -0.15) is 0 Å². The average Bonchev–Trinajstić information content (AvgIpc) is 2.52. The van der Waals surface area contributed by atoms with Crippen molar-refractivity contribution in [2.75, 3.05) is 13.7 Å². The molecule has 1 aliphatic rings. The van der Waals surface area contributed by atoms with E-state index in [-0.39, 0.29) is 12.4 Å². The van der Waals surface area contributed by atoms with Gasteiger partial charge in [0.25, 0.3) is 0 Å².